The van der Waals surface area contributed by atoms with Gasteiger partial charge in [0.1, 0.15) is 12.5 Å². The lowest BCUT2D eigenvalue weighted by Gasteiger charge is -2.30. The van der Waals surface area contributed by atoms with E-state index >= 15 is 0 Å². The number of rotatable bonds is 6. The highest BCUT2D eigenvalue weighted by atomic mass is 32.1. The molecule has 2 aromatic carbocycles. The van der Waals surface area contributed by atoms with Crippen molar-refractivity contribution in [2.75, 3.05) is 0 Å². The summed E-state index contributed by atoms with van der Waals surface area (Å²) in [4.78, 5) is 45.2. The Balaban J connectivity index is 1.57. The molecule has 6 nitrogen and oxygen atoms in total. The Morgan fingerprint density at radius 1 is 1.00 bits per heavy atom. The molecule has 0 saturated carbocycles. The number of carbonyl (C=O) groups is 3. The molecule has 29 heavy (non-hydrogen) atoms. The first-order chi connectivity index (χ1) is 14.1. The number of nitrogens with one attached hydrogen (secondary N) is 1. The van der Waals surface area contributed by atoms with Gasteiger partial charge in [-0.05, 0) is 28.6 Å². The molecule has 0 spiro atoms. The maximum absolute atomic E-state index is 13.0. The Hall–Kier alpha value is -3.29. The van der Waals surface area contributed by atoms with E-state index in [0.717, 1.165) is 10.4 Å². The molecule has 1 N–H and O–H groups in total. The summed E-state index contributed by atoms with van der Waals surface area (Å²) in [5, 5.41) is 5.42. The molecule has 1 unspecified atom stereocenters. The average Bonchev–Trinajstić information content (AvgIpc) is 3.27. The third-order valence-corrected chi connectivity index (χ3v) is 5.49. The number of carbonyl (C=O) groups excluding carboxylic acids is 3. The van der Waals surface area contributed by atoms with E-state index in [4.69, 9.17) is 4.84 Å². The number of thiophene rings is 1. The summed E-state index contributed by atoms with van der Waals surface area (Å²) in [5.41, 5.74) is 1.49. The number of fused-ring (bicyclic) bond motifs is 1. The van der Waals surface area contributed by atoms with E-state index in [0.29, 0.717) is 17.2 Å². The van der Waals surface area contributed by atoms with Crippen LogP contribution in [-0.4, -0.2) is 22.8 Å². The van der Waals surface area contributed by atoms with Gasteiger partial charge in [0, 0.05) is 10.4 Å². The first-order valence-corrected chi connectivity index (χ1v) is 9.97. The van der Waals surface area contributed by atoms with Crippen LogP contribution in [0.3, 0.4) is 0 Å². The first kappa shape index (κ1) is 19.0. The van der Waals surface area contributed by atoms with Gasteiger partial charge in [0.2, 0.25) is 5.91 Å². The summed E-state index contributed by atoms with van der Waals surface area (Å²) in [6, 6.07) is 19.6. The third kappa shape index (κ3) is 3.96. The zero-order valence-electron chi connectivity index (χ0n) is 15.4. The highest BCUT2D eigenvalue weighted by molar-refractivity contribution is 7.09. The number of imide groups is 1. The van der Waals surface area contributed by atoms with Crippen LogP contribution in [0.1, 0.15) is 32.3 Å². The van der Waals surface area contributed by atoms with Crippen molar-refractivity contribution >= 4 is 29.1 Å². The van der Waals surface area contributed by atoms with Crippen molar-refractivity contribution in [3.8, 4) is 0 Å². The van der Waals surface area contributed by atoms with Crippen molar-refractivity contribution in [3.63, 3.8) is 0 Å². The monoisotopic (exact) mass is 406 g/mol. The molecule has 0 saturated heterocycles. The largest absolute Gasteiger partial charge is 0.350 e. The molecule has 0 bridgehead atoms. The average molecular weight is 406 g/mol. The number of benzene rings is 2. The van der Waals surface area contributed by atoms with Crippen LogP contribution in [-0.2, 0) is 27.6 Å². The van der Waals surface area contributed by atoms with Gasteiger partial charge in [-0.2, -0.15) is 0 Å². The van der Waals surface area contributed by atoms with E-state index < -0.39 is 23.6 Å². The number of hydrogen-bond acceptors (Lipinski definition) is 5. The maximum atomic E-state index is 13.0. The molecular weight excluding hydrogens is 388 g/mol. The van der Waals surface area contributed by atoms with Gasteiger partial charge >= 0.3 is 0 Å². The standard InChI is InChI=1S/C22H18N2O4S/c25-20(23-13-16-9-6-12-29-16)19-17-10-4-5-11-18(17)21(26)24(22(19)27)28-14-15-7-2-1-3-8-15/h1-12,19H,13-14H2,(H,23,25). The van der Waals surface area contributed by atoms with Gasteiger partial charge < -0.3 is 5.32 Å². The Labute approximate surface area is 171 Å². The van der Waals surface area contributed by atoms with Crippen LogP contribution in [0, 0.1) is 0 Å². The van der Waals surface area contributed by atoms with Gasteiger partial charge in [-0.1, -0.05) is 54.6 Å². The van der Waals surface area contributed by atoms with Gasteiger partial charge in [-0.3, -0.25) is 19.2 Å². The molecule has 3 aromatic rings. The van der Waals surface area contributed by atoms with Gasteiger partial charge in [0.15, 0.2) is 0 Å². The van der Waals surface area contributed by atoms with Crippen LogP contribution in [0.4, 0.5) is 0 Å². The normalized spacial score (nSPS) is 15.9. The van der Waals surface area contributed by atoms with Crippen LogP contribution in [0.2, 0.25) is 0 Å². The van der Waals surface area contributed by atoms with Crippen LogP contribution in [0.15, 0.2) is 72.1 Å². The van der Waals surface area contributed by atoms with Crippen molar-refractivity contribution in [2.45, 2.75) is 19.1 Å². The van der Waals surface area contributed by atoms with Gasteiger partial charge in [0.05, 0.1) is 6.54 Å². The van der Waals surface area contributed by atoms with E-state index in [-0.39, 0.29) is 12.2 Å². The van der Waals surface area contributed by atoms with Gasteiger partial charge in [-0.15, -0.1) is 16.4 Å². The Morgan fingerprint density at radius 3 is 2.52 bits per heavy atom. The lowest BCUT2D eigenvalue weighted by molar-refractivity contribution is -0.177. The van der Waals surface area contributed by atoms with Crippen LogP contribution in [0.5, 0.6) is 0 Å². The van der Waals surface area contributed by atoms with Crippen LogP contribution < -0.4 is 5.32 Å². The van der Waals surface area contributed by atoms with Gasteiger partial charge in [0.25, 0.3) is 11.8 Å². The van der Waals surface area contributed by atoms with E-state index in [1.807, 2.05) is 47.8 Å². The minimum Gasteiger partial charge on any atom is -0.350 e. The molecule has 7 heteroatoms. The molecule has 2 heterocycles. The quantitative estimate of drug-likeness (QED) is 0.504. The maximum Gasteiger partial charge on any atom is 0.285 e. The fraction of sp³-hybridized carbons (Fsp3) is 0.136. The summed E-state index contributed by atoms with van der Waals surface area (Å²) in [5.74, 6) is -2.85. The van der Waals surface area contributed by atoms with Gasteiger partial charge in [-0.25, -0.2) is 0 Å². The summed E-state index contributed by atoms with van der Waals surface area (Å²) in [6.45, 7) is 0.366. The molecule has 0 fully saturated rings. The van der Waals surface area contributed by atoms with Crippen molar-refractivity contribution in [2.24, 2.45) is 0 Å². The second-order valence-corrected chi connectivity index (χ2v) is 7.55. The van der Waals surface area contributed by atoms with E-state index in [9.17, 15) is 14.4 Å². The lowest BCUT2D eigenvalue weighted by atomic mass is 9.88. The molecule has 146 valence electrons. The predicted octanol–water partition coefficient (Wildman–Crippen LogP) is 3.26. The zero-order valence-corrected chi connectivity index (χ0v) is 16.2. The highest BCUT2D eigenvalue weighted by Crippen LogP contribution is 2.30. The number of hydrogen-bond donors (Lipinski definition) is 1. The van der Waals surface area contributed by atoms with Crippen molar-refractivity contribution in [1.29, 1.82) is 0 Å². The fourth-order valence-electron chi connectivity index (χ4n) is 3.18. The van der Waals surface area contributed by atoms with Crippen molar-refractivity contribution in [3.05, 3.63) is 93.7 Å². The van der Waals surface area contributed by atoms with Crippen molar-refractivity contribution in [1.82, 2.24) is 10.4 Å². The second kappa shape index (κ2) is 8.38. The number of amides is 3. The van der Waals surface area contributed by atoms with E-state index in [2.05, 4.69) is 5.32 Å². The topological polar surface area (TPSA) is 75.7 Å². The molecule has 1 aliphatic heterocycles. The summed E-state index contributed by atoms with van der Waals surface area (Å²) < 4.78 is 0. The Kier molecular flexibility index (Phi) is 5.50. The zero-order chi connectivity index (χ0) is 20.2. The predicted molar refractivity (Wildman–Crippen MR) is 108 cm³/mol. The third-order valence-electron chi connectivity index (χ3n) is 4.62. The molecule has 4 rings (SSSR count). The summed E-state index contributed by atoms with van der Waals surface area (Å²) >= 11 is 1.52. The van der Waals surface area contributed by atoms with E-state index in [1.165, 1.54) is 11.3 Å². The highest BCUT2D eigenvalue weighted by Gasteiger charge is 2.43. The van der Waals surface area contributed by atoms with Crippen LogP contribution >= 0.6 is 11.3 Å². The van der Waals surface area contributed by atoms with Crippen molar-refractivity contribution < 1.29 is 19.2 Å². The smallest absolute Gasteiger partial charge is 0.285 e. The summed E-state index contributed by atoms with van der Waals surface area (Å²) in [6.07, 6.45) is 0. The molecule has 0 aliphatic carbocycles. The Bertz CT molecular complexity index is 1030. The lowest BCUT2D eigenvalue weighted by Crippen LogP contribution is -2.49. The number of nitrogens with zero attached hydrogens (tertiary/aromatic N) is 1. The first-order valence-electron chi connectivity index (χ1n) is 9.09. The molecule has 1 atom stereocenters. The van der Waals surface area contributed by atoms with Crippen LogP contribution in [0.25, 0.3) is 0 Å². The molecule has 3 amide bonds. The van der Waals surface area contributed by atoms with E-state index in [1.54, 1.807) is 24.3 Å². The molecule has 1 aromatic heterocycles. The molecule has 1 aliphatic rings. The molecular formula is C22H18N2O4S. The SMILES string of the molecule is O=C(NCc1cccs1)C1C(=O)N(OCc2ccccc2)C(=O)c2ccccc21. The minimum absolute atomic E-state index is 0.0457. The Morgan fingerprint density at radius 2 is 1.76 bits per heavy atom. The number of hydroxylamine groups is 2. The minimum atomic E-state index is -1.14. The summed E-state index contributed by atoms with van der Waals surface area (Å²) in [7, 11) is 0. The second-order valence-electron chi connectivity index (χ2n) is 6.51. The fourth-order valence-corrected chi connectivity index (χ4v) is 3.83. The molecule has 0 radical (unpaired) electrons.